The minimum Gasteiger partial charge on any atom is -0.388 e. The molecular weight excluding hydrogens is 286 g/mol. The van der Waals surface area contributed by atoms with E-state index in [4.69, 9.17) is 4.74 Å². The van der Waals surface area contributed by atoms with E-state index in [1.54, 1.807) is 14.0 Å². The van der Waals surface area contributed by atoms with Crippen LogP contribution in [-0.2, 0) is 4.74 Å². The number of aliphatic hydroxyl groups is 1. The highest BCUT2D eigenvalue weighted by molar-refractivity contribution is 7.21. The number of thiophene rings is 1. The minimum absolute atomic E-state index is 0.133. The minimum atomic E-state index is -0.962. The zero-order valence-electron chi connectivity index (χ0n) is 12.6. The molecule has 0 aliphatic carbocycles. The number of carbonyl (C=O) groups is 1. The van der Waals surface area contributed by atoms with Crippen LogP contribution in [-0.4, -0.2) is 36.9 Å². The van der Waals surface area contributed by atoms with Crippen LogP contribution in [0.15, 0.2) is 24.3 Å². The number of aryl methyl sites for hydroxylation is 1. The van der Waals surface area contributed by atoms with Gasteiger partial charge in [0.1, 0.15) is 0 Å². The molecule has 2 rings (SSSR count). The Kier molecular flexibility index (Phi) is 4.98. The molecule has 5 heteroatoms. The average Bonchev–Trinajstić information content (AvgIpc) is 2.81. The van der Waals surface area contributed by atoms with Gasteiger partial charge in [0, 0.05) is 31.4 Å². The first-order chi connectivity index (χ1) is 9.94. The Labute approximate surface area is 128 Å². The predicted molar refractivity (Wildman–Crippen MR) is 86.0 cm³/mol. The van der Waals surface area contributed by atoms with E-state index in [1.807, 2.05) is 31.2 Å². The lowest BCUT2D eigenvalue weighted by atomic mass is 10.0. The van der Waals surface area contributed by atoms with Crippen LogP contribution in [0.25, 0.3) is 10.1 Å². The second-order valence-electron chi connectivity index (χ2n) is 5.47. The Bertz CT molecular complexity index is 633. The van der Waals surface area contributed by atoms with Crippen molar-refractivity contribution in [3.05, 3.63) is 34.7 Å². The van der Waals surface area contributed by atoms with E-state index < -0.39 is 5.60 Å². The summed E-state index contributed by atoms with van der Waals surface area (Å²) in [5.41, 5.74) is 0.0284. The van der Waals surface area contributed by atoms with Crippen LogP contribution >= 0.6 is 11.3 Å². The quantitative estimate of drug-likeness (QED) is 0.862. The summed E-state index contributed by atoms with van der Waals surface area (Å²) in [6, 6.07) is 7.97. The van der Waals surface area contributed by atoms with Gasteiger partial charge in [-0.2, -0.15) is 0 Å². The Balaban J connectivity index is 2.07. The van der Waals surface area contributed by atoms with Gasteiger partial charge in [0.25, 0.3) is 5.91 Å². The van der Waals surface area contributed by atoms with Crippen LogP contribution in [0.2, 0.25) is 0 Å². The highest BCUT2D eigenvalue weighted by atomic mass is 32.1. The molecule has 0 spiro atoms. The molecule has 2 aromatic rings. The second kappa shape index (κ2) is 6.56. The van der Waals surface area contributed by atoms with Gasteiger partial charge in [-0.15, -0.1) is 11.3 Å². The van der Waals surface area contributed by atoms with Crippen LogP contribution < -0.4 is 5.32 Å². The summed E-state index contributed by atoms with van der Waals surface area (Å²) >= 11 is 1.48. The van der Waals surface area contributed by atoms with Gasteiger partial charge in [0.05, 0.1) is 10.5 Å². The van der Waals surface area contributed by atoms with Crippen molar-refractivity contribution in [2.24, 2.45) is 0 Å². The number of benzene rings is 1. The van der Waals surface area contributed by atoms with Crippen LogP contribution in [0.5, 0.6) is 0 Å². The molecular formula is C16H21NO3S. The molecule has 0 radical (unpaired) electrons. The van der Waals surface area contributed by atoms with Gasteiger partial charge in [0.2, 0.25) is 0 Å². The molecule has 0 bridgehead atoms. The summed E-state index contributed by atoms with van der Waals surface area (Å²) in [7, 11) is 1.59. The number of rotatable bonds is 6. The summed E-state index contributed by atoms with van der Waals surface area (Å²) in [5, 5.41) is 14.1. The van der Waals surface area contributed by atoms with Gasteiger partial charge in [-0.05, 0) is 30.9 Å². The van der Waals surface area contributed by atoms with Crippen molar-refractivity contribution in [2.75, 3.05) is 20.3 Å². The van der Waals surface area contributed by atoms with Crippen LogP contribution in [0.3, 0.4) is 0 Å². The van der Waals surface area contributed by atoms with Crippen LogP contribution in [0, 0.1) is 6.92 Å². The van der Waals surface area contributed by atoms with E-state index in [0.29, 0.717) is 17.9 Å². The number of methoxy groups -OCH3 is 1. The first-order valence-corrected chi connectivity index (χ1v) is 7.74. The van der Waals surface area contributed by atoms with Crippen molar-refractivity contribution >= 4 is 27.3 Å². The van der Waals surface area contributed by atoms with Gasteiger partial charge >= 0.3 is 0 Å². The van der Waals surface area contributed by atoms with E-state index in [-0.39, 0.29) is 12.5 Å². The Morgan fingerprint density at radius 1 is 1.43 bits per heavy atom. The van der Waals surface area contributed by atoms with E-state index in [2.05, 4.69) is 5.32 Å². The molecule has 4 nitrogen and oxygen atoms in total. The third kappa shape index (κ3) is 3.81. The molecule has 1 unspecified atom stereocenters. The number of hydrogen-bond acceptors (Lipinski definition) is 4. The molecule has 0 aliphatic heterocycles. The number of nitrogens with one attached hydrogen (secondary N) is 1. The highest BCUT2D eigenvalue weighted by Gasteiger charge is 2.22. The molecule has 0 aliphatic rings. The summed E-state index contributed by atoms with van der Waals surface area (Å²) in [6.45, 7) is 4.33. The average molecular weight is 307 g/mol. The molecule has 114 valence electrons. The maximum absolute atomic E-state index is 12.3. The van der Waals surface area contributed by atoms with Crippen molar-refractivity contribution in [2.45, 2.75) is 25.9 Å². The summed E-state index contributed by atoms with van der Waals surface area (Å²) < 4.78 is 6.06. The third-order valence-electron chi connectivity index (χ3n) is 3.52. The Morgan fingerprint density at radius 3 is 2.81 bits per heavy atom. The van der Waals surface area contributed by atoms with Crippen molar-refractivity contribution in [3.63, 3.8) is 0 Å². The Morgan fingerprint density at radius 2 is 2.14 bits per heavy atom. The van der Waals surface area contributed by atoms with E-state index in [1.165, 1.54) is 11.3 Å². The van der Waals surface area contributed by atoms with E-state index in [0.717, 1.165) is 15.6 Å². The summed E-state index contributed by atoms with van der Waals surface area (Å²) in [4.78, 5) is 13.0. The lowest BCUT2D eigenvalue weighted by Crippen LogP contribution is -2.41. The van der Waals surface area contributed by atoms with Gasteiger partial charge < -0.3 is 15.2 Å². The monoisotopic (exact) mass is 307 g/mol. The number of amides is 1. The molecule has 1 atom stereocenters. The molecule has 1 amide bonds. The zero-order valence-corrected chi connectivity index (χ0v) is 13.4. The van der Waals surface area contributed by atoms with Crippen molar-refractivity contribution in [3.8, 4) is 0 Å². The van der Waals surface area contributed by atoms with Gasteiger partial charge in [0.15, 0.2) is 0 Å². The highest BCUT2D eigenvalue weighted by Crippen LogP contribution is 2.30. The predicted octanol–water partition coefficient (Wildman–Crippen LogP) is 2.73. The molecule has 0 fully saturated rings. The standard InChI is InChI=1S/C16H21NO3S/c1-11-12-6-4-5-7-13(12)21-14(11)15(18)17-10-16(2,19)8-9-20-3/h4-7,19H,8-10H2,1-3H3,(H,17,18). The lowest BCUT2D eigenvalue weighted by molar-refractivity contribution is 0.0244. The molecule has 0 saturated carbocycles. The summed E-state index contributed by atoms with van der Waals surface area (Å²) in [6.07, 6.45) is 0.481. The number of carbonyl (C=O) groups excluding carboxylic acids is 1. The van der Waals surface area contributed by atoms with Crippen molar-refractivity contribution in [1.29, 1.82) is 0 Å². The SMILES string of the molecule is COCCC(C)(O)CNC(=O)c1sc2ccccc2c1C. The molecule has 21 heavy (non-hydrogen) atoms. The maximum Gasteiger partial charge on any atom is 0.261 e. The molecule has 0 saturated heterocycles. The second-order valence-corrected chi connectivity index (χ2v) is 6.53. The fraction of sp³-hybridized carbons (Fsp3) is 0.438. The fourth-order valence-corrected chi connectivity index (χ4v) is 3.28. The number of ether oxygens (including phenoxy) is 1. The normalized spacial score (nSPS) is 14.1. The Hall–Kier alpha value is -1.43. The van der Waals surface area contributed by atoms with Gasteiger partial charge in [-0.3, -0.25) is 4.79 Å². The molecule has 1 aromatic carbocycles. The van der Waals surface area contributed by atoms with Gasteiger partial charge in [-0.25, -0.2) is 0 Å². The van der Waals surface area contributed by atoms with Crippen LogP contribution in [0.1, 0.15) is 28.6 Å². The van der Waals surface area contributed by atoms with Crippen LogP contribution in [0.4, 0.5) is 0 Å². The molecule has 2 N–H and O–H groups in total. The fourth-order valence-electron chi connectivity index (χ4n) is 2.15. The first kappa shape index (κ1) is 15.9. The molecule has 1 heterocycles. The third-order valence-corrected chi connectivity index (χ3v) is 4.80. The van der Waals surface area contributed by atoms with Crippen molar-refractivity contribution in [1.82, 2.24) is 5.32 Å². The van der Waals surface area contributed by atoms with E-state index >= 15 is 0 Å². The van der Waals surface area contributed by atoms with Gasteiger partial charge in [-0.1, -0.05) is 18.2 Å². The lowest BCUT2D eigenvalue weighted by Gasteiger charge is -2.23. The summed E-state index contributed by atoms with van der Waals surface area (Å²) in [5.74, 6) is -0.133. The van der Waals surface area contributed by atoms with Crippen molar-refractivity contribution < 1.29 is 14.6 Å². The first-order valence-electron chi connectivity index (χ1n) is 6.92. The number of hydrogen-bond donors (Lipinski definition) is 2. The molecule has 1 aromatic heterocycles. The topological polar surface area (TPSA) is 58.6 Å². The maximum atomic E-state index is 12.3. The zero-order chi connectivity index (χ0) is 15.5. The largest absolute Gasteiger partial charge is 0.388 e. The van der Waals surface area contributed by atoms with E-state index in [9.17, 15) is 9.90 Å². The smallest absolute Gasteiger partial charge is 0.261 e. The number of fused-ring (bicyclic) bond motifs is 1.